The first-order valence-electron chi connectivity index (χ1n) is 9.64. The number of aryl methyl sites for hydroxylation is 1. The van der Waals surface area contributed by atoms with Crippen molar-refractivity contribution < 1.29 is 4.74 Å². The molecule has 0 atom stereocenters. The first-order valence-corrected chi connectivity index (χ1v) is 10.4. The molecule has 0 fully saturated rings. The summed E-state index contributed by atoms with van der Waals surface area (Å²) < 4.78 is 8.01. The normalized spacial score (nSPS) is 11.3. The van der Waals surface area contributed by atoms with E-state index in [-0.39, 0.29) is 5.56 Å². The SMILES string of the molecule is CCCc1nc2ccc(Br)cc2c(=O)n1N=Cc1ccc(N(C)C)cc1OCC. The Morgan fingerprint density at radius 3 is 2.69 bits per heavy atom. The first-order chi connectivity index (χ1) is 13.9. The average Bonchev–Trinajstić information content (AvgIpc) is 2.69. The molecular formula is C22H25BrN4O2. The number of hydrogen-bond donors (Lipinski definition) is 0. The summed E-state index contributed by atoms with van der Waals surface area (Å²) in [5, 5.41) is 5.03. The molecular weight excluding hydrogens is 432 g/mol. The van der Waals surface area contributed by atoms with Crippen molar-refractivity contribution in [2.75, 3.05) is 25.6 Å². The van der Waals surface area contributed by atoms with Gasteiger partial charge in [-0.1, -0.05) is 22.9 Å². The summed E-state index contributed by atoms with van der Waals surface area (Å²) >= 11 is 3.43. The summed E-state index contributed by atoms with van der Waals surface area (Å²) in [5.41, 5.74) is 2.34. The lowest BCUT2D eigenvalue weighted by Crippen LogP contribution is -2.22. The number of anilines is 1. The number of fused-ring (bicyclic) bond motifs is 1. The second-order valence-electron chi connectivity index (χ2n) is 6.85. The molecule has 3 aromatic rings. The molecule has 0 N–H and O–H groups in total. The van der Waals surface area contributed by atoms with Crippen LogP contribution in [0, 0.1) is 0 Å². The highest BCUT2D eigenvalue weighted by molar-refractivity contribution is 9.10. The molecule has 152 valence electrons. The molecule has 0 amide bonds. The standard InChI is InChI=1S/C22H25BrN4O2/c1-5-7-21-25-19-11-9-16(23)12-18(19)22(28)27(21)24-14-15-8-10-17(26(3)4)13-20(15)29-6-2/h8-14H,5-7H2,1-4H3. The van der Waals surface area contributed by atoms with Crippen molar-refractivity contribution in [2.24, 2.45) is 5.10 Å². The van der Waals surface area contributed by atoms with Gasteiger partial charge in [-0.15, -0.1) is 0 Å². The highest BCUT2D eigenvalue weighted by atomic mass is 79.9. The van der Waals surface area contributed by atoms with Gasteiger partial charge < -0.3 is 9.64 Å². The molecule has 3 rings (SSSR count). The molecule has 0 saturated heterocycles. The zero-order valence-electron chi connectivity index (χ0n) is 17.1. The van der Waals surface area contributed by atoms with Crippen LogP contribution in [-0.2, 0) is 6.42 Å². The van der Waals surface area contributed by atoms with Gasteiger partial charge in [0.15, 0.2) is 0 Å². The van der Waals surface area contributed by atoms with Gasteiger partial charge in [0.1, 0.15) is 11.6 Å². The number of aromatic nitrogens is 2. The summed E-state index contributed by atoms with van der Waals surface area (Å²) in [6.07, 6.45) is 3.19. The van der Waals surface area contributed by atoms with Crippen molar-refractivity contribution in [3.05, 3.63) is 62.6 Å². The number of nitrogens with zero attached hydrogens (tertiary/aromatic N) is 4. The van der Waals surface area contributed by atoms with Gasteiger partial charge in [0.25, 0.3) is 5.56 Å². The number of hydrogen-bond acceptors (Lipinski definition) is 5. The first kappa shape index (κ1) is 21.0. The maximum Gasteiger partial charge on any atom is 0.282 e. The lowest BCUT2D eigenvalue weighted by Gasteiger charge is -2.15. The van der Waals surface area contributed by atoms with Crippen LogP contribution < -0.4 is 15.2 Å². The minimum Gasteiger partial charge on any atom is -0.493 e. The third-order valence-electron chi connectivity index (χ3n) is 4.47. The molecule has 0 bridgehead atoms. The molecule has 7 heteroatoms. The van der Waals surface area contributed by atoms with Crippen LogP contribution >= 0.6 is 15.9 Å². The van der Waals surface area contributed by atoms with E-state index in [0.717, 1.165) is 27.9 Å². The Hall–Kier alpha value is -2.67. The van der Waals surface area contributed by atoms with E-state index in [9.17, 15) is 4.79 Å². The molecule has 0 radical (unpaired) electrons. The van der Waals surface area contributed by atoms with Gasteiger partial charge >= 0.3 is 0 Å². The lowest BCUT2D eigenvalue weighted by atomic mass is 10.2. The molecule has 0 aliphatic carbocycles. The zero-order valence-corrected chi connectivity index (χ0v) is 18.7. The molecule has 1 aromatic heterocycles. The highest BCUT2D eigenvalue weighted by Crippen LogP contribution is 2.24. The molecule has 1 heterocycles. The van der Waals surface area contributed by atoms with E-state index in [1.54, 1.807) is 12.3 Å². The van der Waals surface area contributed by atoms with E-state index in [0.29, 0.717) is 29.8 Å². The molecule has 0 aliphatic heterocycles. The smallest absolute Gasteiger partial charge is 0.282 e. The Bertz CT molecular complexity index is 1110. The molecule has 0 aliphatic rings. The average molecular weight is 457 g/mol. The maximum atomic E-state index is 13.1. The van der Waals surface area contributed by atoms with E-state index >= 15 is 0 Å². The number of rotatable bonds is 7. The second kappa shape index (κ2) is 9.22. The Labute approximate surface area is 179 Å². The topological polar surface area (TPSA) is 59.7 Å². The summed E-state index contributed by atoms with van der Waals surface area (Å²) in [6, 6.07) is 11.4. The van der Waals surface area contributed by atoms with Gasteiger partial charge in [0.05, 0.1) is 23.7 Å². The fourth-order valence-electron chi connectivity index (χ4n) is 3.01. The Kier molecular flexibility index (Phi) is 6.69. The largest absolute Gasteiger partial charge is 0.493 e. The summed E-state index contributed by atoms with van der Waals surface area (Å²) in [5.74, 6) is 1.37. The Morgan fingerprint density at radius 1 is 1.21 bits per heavy atom. The summed E-state index contributed by atoms with van der Waals surface area (Å²) in [6.45, 7) is 4.54. The fourth-order valence-corrected chi connectivity index (χ4v) is 3.37. The van der Waals surface area contributed by atoms with Crippen LogP contribution in [-0.4, -0.2) is 36.6 Å². The molecule has 0 spiro atoms. The molecule has 0 saturated carbocycles. The number of benzene rings is 2. The van der Waals surface area contributed by atoms with Gasteiger partial charge in [-0.3, -0.25) is 4.79 Å². The van der Waals surface area contributed by atoms with Crippen LogP contribution in [0.4, 0.5) is 5.69 Å². The third kappa shape index (κ3) is 4.67. The monoisotopic (exact) mass is 456 g/mol. The van der Waals surface area contributed by atoms with Gasteiger partial charge in [0, 0.05) is 42.3 Å². The van der Waals surface area contributed by atoms with Crippen molar-refractivity contribution in [1.29, 1.82) is 0 Å². The van der Waals surface area contributed by atoms with Crippen LogP contribution in [0.1, 0.15) is 31.7 Å². The minimum atomic E-state index is -0.182. The van der Waals surface area contributed by atoms with Gasteiger partial charge in [0.2, 0.25) is 0 Å². The quantitative estimate of drug-likeness (QED) is 0.492. The van der Waals surface area contributed by atoms with Crippen LogP contribution in [0.3, 0.4) is 0 Å². The van der Waals surface area contributed by atoms with Crippen LogP contribution in [0.15, 0.2) is 50.8 Å². The minimum absolute atomic E-state index is 0.182. The highest BCUT2D eigenvalue weighted by Gasteiger charge is 2.11. The van der Waals surface area contributed by atoms with Gasteiger partial charge in [-0.2, -0.15) is 9.78 Å². The lowest BCUT2D eigenvalue weighted by molar-refractivity contribution is 0.340. The number of ether oxygens (including phenoxy) is 1. The predicted octanol–water partition coefficient (Wildman–Crippen LogP) is 4.46. The fraction of sp³-hybridized carbons (Fsp3) is 0.318. The van der Waals surface area contributed by atoms with Crippen molar-refractivity contribution in [1.82, 2.24) is 9.66 Å². The summed E-state index contributed by atoms with van der Waals surface area (Å²) in [4.78, 5) is 19.8. The number of halogens is 1. The van der Waals surface area contributed by atoms with E-state index in [2.05, 4.69) is 32.9 Å². The van der Waals surface area contributed by atoms with E-state index in [1.165, 1.54) is 4.68 Å². The third-order valence-corrected chi connectivity index (χ3v) is 4.97. The van der Waals surface area contributed by atoms with Crippen LogP contribution in [0.25, 0.3) is 10.9 Å². The van der Waals surface area contributed by atoms with E-state index < -0.39 is 0 Å². The van der Waals surface area contributed by atoms with Gasteiger partial charge in [-0.05, 0) is 43.7 Å². The van der Waals surface area contributed by atoms with Crippen LogP contribution in [0.2, 0.25) is 0 Å². The summed E-state index contributed by atoms with van der Waals surface area (Å²) in [7, 11) is 3.96. The van der Waals surface area contributed by atoms with Crippen molar-refractivity contribution in [3.63, 3.8) is 0 Å². The molecule has 29 heavy (non-hydrogen) atoms. The maximum absolute atomic E-state index is 13.1. The van der Waals surface area contributed by atoms with Gasteiger partial charge in [-0.25, -0.2) is 4.98 Å². The van der Waals surface area contributed by atoms with Crippen molar-refractivity contribution in [3.8, 4) is 5.75 Å². The van der Waals surface area contributed by atoms with Crippen molar-refractivity contribution >= 4 is 38.7 Å². The molecule has 6 nitrogen and oxygen atoms in total. The van der Waals surface area contributed by atoms with E-state index in [1.807, 2.05) is 56.3 Å². The van der Waals surface area contributed by atoms with Crippen LogP contribution in [0.5, 0.6) is 5.75 Å². The zero-order chi connectivity index (χ0) is 21.0. The Balaban J connectivity index is 2.11. The van der Waals surface area contributed by atoms with Crippen molar-refractivity contribution in [2.45, 2.75) is 26.7 Å². The molecule has 0 unspecified atom stereocenters. The Morgan fingerprint density at radius 2 is 2.00 bits per heavy atom. The predicted molar refractivity (Wildman–Crippen MR) is 123 cm³/mol. The van der Waals surface area contributed by atoms with E-state index in [4.69, 9.17) is 4.74 Å². The molecule has 2 aromatic carbocycles. The second-order valence-corrected chi connectivity index (χ2v) is 7.77.